The first-order valence-corrected chi connectivity index (χ1v) is 9.06. The number of piperidine rings is 1. The summed E-state index contributed by atoms with van der Waals surface area (Å²) >= 11 is 0. The van der Waals surface area contributed by atoms with E-state index in [0.717, 1.165) is 31.2 Å². The molecular formula is C20H23N3O2. The van der Waals surface area contributed by atoms with Crippen molar-refractivity contribution in [3.63, 3.8) is 0 Å². The molecule has 1 N–H and O–H groups in total. The fourth-order valence-electron chi connectivity index (χ4n) is 4.56. The molecule has 130 valence electrons. The van der Waals surface area contributed by atoms with E-state index < -0.39 is 5.60 Å². The molecule has 1 amide bonds. The van der Waals surface area contributed by atoms with Crippen LogP contribution in [0.4, 0.5) is 0 Å². The van der Waals surface area contributed by atoms with Crippen LogP contribution < -0.4 is 0 Å². The maximum absolute atomic E-state index is 12.9. The minimum absolute atomic E-state index is 0.0454. The summed E-state index contributed by atoms with van der Waals surface area (Å²) in [6.45, 7) is 0.531. The van der Waals surface area contributed by atoms with Crippen LogP contribution in [0.15, 0.2) is 48.8 Å². The summed E-state index contributed by atoms with van der Waals surface area (Å²) in [6.07, 6.45) is 7.81. The SMILES string of the molecule is O=C(c1ncccn1)N1CC[C@@](O)(c2ccccc2)[C@@H]2CCCCC21. The van der Waals surface area contributed by atoms with Crippen molar-refractivity contribution in [2.45, 2.75) is 43.7 Å². The van der Waals surface area contributed by atoms with Gasteiger partial charge in [-0.2, -0.15) is 0 Å². The molecule has 0 spiro atoms. The molecule has 5 heteroatoms. The largest absolute Gasteiger partial charge is 0.385 e. The molecule has 2 heterocycles. The lowest BCUT2D eigenvalue weighted by Gasteiger charge is -2.52. The number of nitrogens with zero attached hydrogens (tertiary/aromatic N) is 3. The minimum atomic E-state index is -0.860. The maximum Gasteiger partial charge on any atom is 0.291 e. The Morgan fingerprint density at radius 3 is 2.56 bits per heavy atom. The van der Waals surface area contributed by atoms with Crippen molar-refractivity contribution >= 4 is 5.91 Å². The number of hydrogen-bond donors (Lipinski definition) is 1. The van der Waals surface area contributed by atoms with Crippen LogP contribution in [0.3, 0.4) is 0 Å². The van der Waals surface area contributed by atoms with Crippen molar-refractivity contribution in [3.8, 4) is 0 Å². The van der Waals surface area contributed by atoms with Gasteiger partial charge in [0.15, 0.2) is 0 Å². The second kappa shape index (κ2) is 6.56. The first kappa shape index (κ1) is 16.2. The number of benzene rings is 1. The molecular weight excluding hydrogens is 314 g/mol. The molecule has 25 heavy (non-hydrogen) atoms. The molecule has 1 aliphatic carbocycles. The normalized spacial score (nSPS) is 29.1. The van der Waals surface area contributed by atoms with E-state index in [9.17, 15) is 9.90 Å². The zero-order valence-electron chi connectivity index (χ0n) is 14.2. The van der Waals surface area contributed by atoms with Gasteiger partial charge in [-0.15, -0.1) is 0 Å². The third kappa shape index (κ3) is 2.82. The van der Waals surface area contributed by atoms with Gasteiger partial charge in [-0.25, -0.2) is 9.97 Å². The number of carbonyl (C=O) groups excluding carboxylic acids is 1. The molecule has 1 aromatic carbocycles. The van der Waals surface area contributed by atoms with Crippen LogP contribution in [-0.2, 0) is 5.60 Å². The van der Waals surface area contributed by atoms with Gasteiger partial charge in [-0.05, 0) is 30.9 Å². The third-order valence-corrected chi connectivity index (χ3v) is 5.77. The number of amides is 1. The summed E-state index contributed by atoms with van der Waals surface area (Å²) in [4.78, 5) is 23.1. The molecule has 2 fully saturated rings. The number of aliphatic hydroxyl groups is 1. The minimum Gasteiger partial charge on any atom is -0.385 e. The summed E-state index contributed by atoms with van der Waals surface area (Å²) < 4.78 is 0. The van der Waals surface area contributed by atoms with Gasteiger partial charge < -0.3 is 10.0 Å². The zero-order chi connectivity index (χ0) is 17.3. The Kier molecular flexibility index (Phi) is 4.25. The second-order valence-corrected chi connectivity index (χ2v) is 7.07. The Hall–Kier alpha value is -2.27. The highest BCUT2D eigenvalue weighted by molar-refractivity contribution is 5.90. The summed E-state index contributed by atoms with van der Waals surface area (Å²) in [5.41, 5.74) is 0.107. The van der Waals surface area contributed by atoms with Gasteiger partial charge in [0, 0.05) is 30.9 Å². The lowest BCUT2D eigenvalue weighted by atomic mass is 9.66. The predicted octanol–water partition coefficient (Wildman–Crippen LogP) is 2.77. The van der Waals surface area contributed by atoms with Crippen LogP contribution in [0.5, 0.6) is 0 Å². The van der Waals surface area contributed by atoms with Crippen molar-refractivity contribution in [1.29, 1.82) is 0 Å². The Bertz CT molecular complexity index is 737. The molecule has 4 rings (SSSR count). The zero-order valence-corrected chi connectivity index (χ0v) is 14.2. The number of likely N-dealkylation sites (tertiary alicyclic amines) is 1. The van der Waals surface area contributed by atoms with Crippen molar-refractivity contribution < 1.29 is 9.90 Å². The smallest absolute Gasteiger partial charge is 0.291 e. The average Bonchev–Trinajstić information content (AvgIpc) is 2.69. The molecule has 0 bridgehead atoms. The highest BCUT2D eigenvalue weighted by atomic mass is 16.3. The van der Waals surface area contributed by atoms with Gasteiger partial charge in [-0.3, -0.25) is 4.79 Å². The van der Waals surface area contributed by atoms with Crippen LogP contribution in [0, 0.1) is 5.92 Å². The topological polar surface area (TPSA) is 66.3 Å². The van der Waals surface area contributed by atoms with Crippen LogP contribution in [-0.4, -0.2) is 38.5 Å². The highest BCUT2D eigenvalue weighted by Crippen LogP contribution is 2.47. The summed E-state index contributed by atoms with van der Waals surface area (Å²) in [5, 5.41) is 11.5. The van der Waals surface area contributed by atoms with Gasteiger partial charge in [0.2, 0.25) is 5.82 Å². The average molecular weight is 337 g/mol. The van der Waals surface area contributed by atoms with Crippen LogP contribution in [0.1, 0.15) is 48.3 Å². The van der Waals surface area contributed by atoms with Gasteiger partial charge in [-0.1, -0.05) is 43.2 Å². The van der Waals surface area contributed by atoms with Crippen LogP contribution in [0.25, 0.3) is 0 Å². The molecule has 1 aromatic heterocycles. The fourth-order valence-corrected chi connectivity index (χ4v) is 4.56. The summed E-state index contributed by atoms with van der Waals surface area (Å²) in [7, 11) is 0. The predicted molar refractivity (Wildman–Crippen MR) is 93.8 cm³/mol. The van der Waals surface area contributed by atoms with Crippen molar-refractivity contribution in [3.05, 3.63) is 60.2 Å². The molecule has 1 saturated carbocycles. The van der Waals surface area contributed by atoms with E-state index in [1.165, 1.54) is 0 Å². The standard InChI is InChI=1S/C20H23N3O2/c24-19(18-21-12-6-13-22-18)23-14-11-20(25,15-7-2-1-3-8-15)16-9-4-5-10-17(16)23/h1-3,6-8,12-13,16-17,25H,4-5,9-11,14H2/t16-,17?,20-/m1/s1. The molecule has 0 radical (unpaired) electrons. The number of fused-ring (bicyclic) bond motifs is 1. The molecule has 2 aliphatic rings. The Morgan fingerprint density at radius 1 is 1.08 bits per heavy atom. The number of rotatable bonds is 2. The lowest BCUT2D eigenvalue weighted by molar-refractivity contribution is -0.110. The van der Waals surface area contributed by atoms with E-state index in [1.54, 1.807) is 18.5 Å². The maximum atomic E-state index is 12.9. The van der Waals surface area contributed by atoms with Gasteiger partial charge in [0.1, 0.15) is 0 Å². The molecule has 3 atom stereocenters. The Balaban J connectivity index is 1.66. The quantitative estimate of drug-likeness (QED) is 0.915. The number of carbonyl (C=O) groups is 1. The van der Waals surface area contributed by atoms with E-state index in [0.29, 0.717) is 13.0 Å². The van der Waals surface area contributed by atoms with Crippen molar-refractivity contribution in [1.82, 2.24) is 14.9 Å². The Labute approximate surface area is 147 Å². The number of hydrogen-bond acceptors (Lipinski definition) is 4. The van der Waals surface area contributed by atoms with E-state index in [1.807, 2.05) is 35.2 Å². The van der Waals surface area contributed by atoms with Gasteiger partial charge in [0.25, 0.3) is 5.91 Å². The van der Waals surface area contributed by atoms with E-state index >= 15 is 0 Å². The fraction of sp³-hybridized carbons (Fsp3) is 0.450. The van der Waals surface area contributed by atoms with Crippen molar-refractivity contribution in [2.24, 2.45) is 5.92 Å². The van der Waals surface area contributed by atoms with Gasteiger partial charge in [0.05, 0.1) is 5.60 Å². The molecule has 2 aromatic rings. The van der Waals surface area contributed by atoms with Crippen LogP contribution in [0.2, 0.25) is 0 Å². The molecule has 1 aliphatic heterocycles. The third-order valence-electron chi connectivity index (χ3n) is 5.77. The molecule has 5 nitrogen and oxygen atoms in total. The second-order valence-electron chi connectivity index (χ2n) is 7.07. The van der Waals surface area contributed by atoms with Crippen LogP contribution >= 0.6 is 0 Å². The molecule has 1 saturated heterocycles. The summed E-state index contributed by atoms with van der Waals surface area (Å²) in [5.74, 6) is 0.189. The first-order valence-electron chi connectivity index (χ1n) is 9.06. The first-order chi connectivity index (χ1) is 12.2. The lowest BCUT2D eigenvalue weighted by Crippen LogP contribution is -2.59. The van der Waals surface area contributed by atoms with Crippen molar-refractivity contribution in [2.75, 3.05) is 6.54 Å². The van der Waals surface area contributed by atoms with E-state index in [2.05, 4.69) is 9.97 Å². The summed E-state index contributed by atoms with van der Waals surface area (Å²) in [6, 6.07) is 11.7. The van der Waals surface area contributed by atoms with E-state index in [-0.39, 0.29) is 23.7 Å². The Morgan fingerprint density at radius 2 is 1.80 bits per heavy atom. The van der Waals surface area contributed by atoms with Gasteiger partial charge >= 0.3 is 0 Å². The number of aromatic nitrogens is 2. The monoisotopic (exact) mass is 337 g/mol. The molecule has 1 unspecified atom stereocenters. The van der Waals surface area contributed by atoms with E-state index in [4.69, 9.17) is 0 Å². The highest BCUT2D eigenvalue weighted by Gasteiger charge is 2.50.